The van der Waals surface area contributed by atoms with Crippen molar-refractivity contribution < 1.29 is 14.3 Å². The van der Waals surface area contributed by atoms with Gasteiger partial charge in [0.1, 0.15) is 29.7 Å². The lowest BCUT2D eigenvalue weighted by Crippen LogP contribution is -2.05. The van der Waals surface area contributed by atoms with E-state index in [9.17, 15) is 10.1 Å². The molecule has 0 N–H and O–H groups in total. The van der Waals surface area contributed by atoms with Crippen molar-refractivity contribution in [1.29, 1.82) is 5.26 Å². The highest BCUT2D eigenvalue weighted by molar-refractivity contribution is 6.15. The molecule has 0 unspecified atom stereocenters. The first-order valence-corrected chi connectivity index (χ1v) is 7.16. The van der Waals surface area contributed by atoms with Crippen LogP contribution in [0.5, 0.6) is 11.5 Å². The summed E-state index contributed by atoms with van der Waals surface area (Å²) in [6.07, 6.45) is 6.69. The van der Waals surface area contributed by atoms with Gasteiger partial charge in [-0.1, -0.05) is 36.3 Å². The number of carbonyl (C=O) groups excluding carboxylic acids is 1. The highest BCUT2D eigenvalue weighted by Crippen LogP contribution is 2.25. The van der Waals surface area contributed by atoms with Crippen LogP contribution in [0.15, 0.2) is 54.1 Å². The summed E-state index contributed by atoms with van der Waals surface area (Å²) in [6.45, 7) is 0.104. The smallest absolute Gasteiger partial charge is 0.207 e. The normalized spacial score (nSPS) is 10.4. The standard InChI is InChI=1S/C20H15NO3/c1-3-12-24-18-10-6-4-8-15(18)13-16(14-21)20(22)17-9-5-7-11-19(17)23-2/h1,4-11,13H,12H2,2H3/b16-13+. The molecular formula is C20H15NO3. The molecule has 0 aromatic heterocycles. The molecule has 0 bridgehead atoms. The molecule has 2 aromatic rings. The number of allylic oxidation sites excluding steroid dienone is 1. The summed E-state index contributed by atoms with van der Waals surface area (Å²) in [4.78, 5) is 12.6. The van der Waals surface area contributed by atoms with E-state index < -0.39 is 5.78 Å². The molecule has 0 atom stereocenters. The fourth-order valence-electron chi connectivity index (χ4n) is 2.13. The number of ether oxygens (including phenoxy) is 2. The van der Waals surface area contributed by atoms with Gasteiger partial charge in [0.05, 0.1) is 12.7 Å². The average Bonchev–Trinajstić information content (AvgIpc) is 2.64. The summed E-state index contributed by atoms with van der Waals surface area (Å²) in [6, 6.07) is 15.8. The van der Waals surface area contributed by atoms with Crippen LogP contribution in [-0.2, 0) is 0 Å². The first-order chi connectivity index (χ1) is 11.7. The van der Waals surface area contributed by atoms with E-state index in [1.165, 1.54) is 13.2 Å². The van der Waals surface area contributed by atoms with E-state index in [0.29, 0.717) is 22.6 Å². The number of rotatable bonds is 6. The van der Waals surface area contributed by atoms with Crippen molar-refractivity contribution in [3.63, 3.8) is 0 Å². The van der Waals surface area contributed by atoms with Crippen molar-refractivity contribution in [2.24, 2.45) is 0 Å². The molecule has 2 rings (SSSR count). The quantitative estimate of drug-likeness (QED) is 0.354. The molecule has 0 amide bonds. The van der Waals surface area contributed by atoms with Gasteiger partial charge >= 0.3 is 0 Å². The van der Waals surface area contributed by atoms with E-state index in [4.69, 9.17) is 15.9 Å². The summed E-state index contributed by atoms with van der Waals surface area (Å²) in [5, 5.41) is 9.40. The van der Waals surface area contributed by atoms with Crippen LogP contribution in [0.4, 0.5) is 0 Å². The highest BCUT2D eigenvalue weighted by Gasteiger charge is 2.17. The number of nitriles is 1. The zero-order valence-corrected chi connectivity index (χ0v) is 13.2. The molecule has 4 heteroatoms. The number of carbonyl (C=O) groups is 1. The third-order valence-corrected chi connectivity index (χ3v) is 3.25. The summed E-state index contributed by atoms with van der Waals surface area (Å²) in [7, 11) is 1.48. The van der Waals surface area contributed by atoms with E-state index in [1.54, 1.807) is 48.5 Å². The molecule has 0 heterocycles. The second-order valence-corrected chi connectivity index (χ2v) is 4.73. The van der Waals surface area contributed by atoms with Crippen LogP contribution < -0.4 is 9.47 Å². The van der Waals surface area contributed by atoms with Gasteiger partial charge in [-0.2, -0.15) is 5.26 Å². The van der Waals surface area contributed by atoms with Gasteiger partial charge in [-0.3, -0.25) is 4.79 Å². The molecule has 0 aliphatic heterocycles. The summed E-state index contributed by atoms with van der Waals surface area (Å²) in [5.41, 5.74) is 0.915. The second-order valence-electron chi connectivity index (χ2n) is 4.73. The lowest BCUT2D eigenvalue weighted by atomic mass is 10.0. The number of methoxy groups -OCH3 is 1. The molecule has 2 aromatic carbocycles. The zero-order chi connectivity index (χ0) is 17.4. The molecule has 0 radical (unpaired) electrons. The Bertz CT molecular complexity index is 854. The van der Waals surface area contributed by atoms with Crippen molar-refractivity contribution in [3.8, 4) is 29.9 Å². The van der Waals surface area contributed by atoms with Gasteiger partial charge in [0.25, 0.3) is 0 Å². The summed E-state index contributed by atoms with van der Waals surface area (Å²) in [5.74, 6) is 2.90. The van der Waals surface area contributed by atoms with Gasteiger partial charge in [0, 0.05) is 5.56 Å². The maximum absolute atomic E-state index is 12.6. The van der Waals surface area contributed by atoms with E-state index in [0.717, 1.165) is 0 Å². The van der Waals surface area contributed by atoms with Crippen LogP contribution in [0, 0.1) is 23.7 Å². The van der Waals surface area contributed by atoms with E-state index >= 15 is 0 Å². The fourth-order valence-corrected chi connectivity index (χ4v) is 2.13. The Morgan fingerprint density at radius 1 is 1.17 bits per heavy atom. The maximum atomic E-state index is 12.6. The number of benzene rings is 2. The molecule has 0 aliphatic rings. The van der Waals surface area contributed by atoms with Gasteiger partial charge in [-0.25, -0.2) is 0 Å². The Balaban J connectivity index is 2.42. The Labute approximate surface area is 140 Å². The van der Waals surface area contributed by atoms with Gasteiger partial charge in [0.15, 0.2) is 0 Å². The van der Waals surface area contributed by atoms with E-state index in [2.05, 4.69) is 5.92 Å². The number of hydrogen-bond acceptors (Lipinski definition) is 4. The van der Waals surface area contributed by atoms with Crippen molar-refractivity contribution in [2.45, 2.75) is 0 Å². The van der Waals surface area contributed by atoms with Crippen LogP contribution in [0.2, 0.25) is 0 Å². The average molecular weight is 317 g/mol. The number of hydrogen-bond donors (Lipinski definition) is 0. The monoisotopic (exact) mass is 317 g/mol. The lowest BCUT2D eigenvalue weighted by molar-refractivity contribution is 0.103. The number of ketones is 1. The number of Topliss-reactive ketones (excluding diaryl/α,β-unsaturated/α-hetero) is 1. The molecule has 0 fully saturated rings. The minimum absolute atomic E-state index is 0.0174. The SMILES string of the molecule is C#CCOc1ccccc1/C=C(\C#N)C(=O)c1ccccc1OC. The zero-order valence-electron chi connectivity index (χ0n) is 13.2. The van der Waals surface area contributed by atoms with E-state index in [1.807, 2.05) is 6.07 Å². The number of nitrogens with zero attached hydrogens (tertiary/aromatic N) is 1. The topological polar surface area (TPSA) is 59.3 Å². The third kappa shape index (κ3) is 3.82. The van der Waals surface area contributed by atoms with Gasteiger partial charge in [-0.05, 0) is 24.3 Å². The first kappa shape index (κ1) is 16.9. The summed E-state index contributed by atoms with van der Waals surface area (Å²) >= 11 is 0. The van der Waals surface area contributed by atoms with Gasteiger partial charge in [0.2, 0.25) is 5.78 Å². The molecule has 24 heavy (non-hydrogen) atoms. The predicted octanol–water partition coefficient (Wildman–Crippen LogP) is 3.50. The Hall–Kier alpha value is -3.50. The fraction of sp³-hybridized carbons (Fsp3) is 0.100. The number of terminal acetylenes is 1. The van der Waals surface area contributed by atoms with Crippen molar-refractivity contribution in [3.05, 3.63) is 65.2 Å². The minimum atomic E-state index is -0.415. The Kier molecular flexibility index (Phi) is 5.77. The Morgan fingerprint density at radius 2 is 1.83 bits per heavy atom. The van der Waals surface area contributed by atoms with Crippen molar-refractivity contribution >= 4 is 11.9 Å². The minimum Gasteiger partial charge on any atom is -0.496 e. The van der Waals surface area contributed by atoms with Crippen molar-refractivity contribution in [1.82, 2.24) is 0 Å². The highest BCUT2D eigenvalue weighted by atomic mass is 16.5. The van der Waals surface area contributed by atoms with Crippen molar-refractivity contribution in [2.75, 3.05) is 13.7 Å². The summed E-state index contributed by atoms with van der Waals surface area (Å²) < 4.78 is 10.6. The molecule has 0 saturated heterocycles. The number of para-hydroxylation sites is 2. The van der Waals surface area contributed by atoms with Crippen LogP contribution in [0.1, 0.15) is 15.9 Å². The van der Waals surface area contributed by atoms with Crippen LogP contribution in [0.3, 0.4) is 0 Å². The largest absolute Gasteiger partial charge is 0.496 e. The van der Waals surface area contributed by atoms with Crippen LogP contribution in [0.25, 0.3) is 6.08 Å². The van der Waals surface area contributed by atoms with Crippen LogP contribution in [-0.4, -0.2) is 19.5 Å². The molecule has 0 saturated carbocycles. The molecular weight excluding hydrogens is 302 g/mol. The van der Waals surface area contributed by atoms with Gasteiger partial charge < -0.3 is 9.47 Å². The molecule has 4 nitrogen and oxygen atoms in total. The van der Waals surface area contributed by atoms with E-state index in [-0.39, 0.29) is 12.2 Å². The Morgan fingerprint density at radius 3 is 2.50 bits per heavy atom. The predicted molar refractivity (Wildman–Crippen MR) is 91.7 cm³/mol. The molecule has 0 spiro atoms. The van der Waals surface area contributed by atoms with Crippen LogP contribution >= 0.6 is 0 Å². The lowest BCUT2D eigenvalue weighted by Gasteiger charge is -2.08. The van der Waals surface area contributed by atoms with Gasteiger partial charge in [-0.15, -0.1) is 6.42 Å². The second kappa shape index (κ2) is 8.22. The third-order valence-electron chi connectivity index (χ3n) is 3.25. The molecule has 118 valence electrons. The first-order valence-electron chi connectivity index (χ1n) is 7.16. The maximum Gasteiger partial charge on any atom is 0.207 e. The molecule has 0 aliphatic carbocycles.